The van der Waals surface area contributed by atoms with E-state index < -0.39 is 34.6 Å². The predicted octanol–water partition coefficient (Wildman–Crippen LogP) is 0.540. The molecule has 6 nitrogen and oxygen atoms in total. The molecule has 2 saturated carbocycles. The van der Waals surface area contributed by atoms with E-state index in [0.29, 0.717) is 0 Å². The molecule has 0 amide bonds. The van der Waals surface area contributed by atoms with E-state index >= 15 is 0 Å². The van der Waals surface area contributed by atoms with E-state index in [2.05, 4.69) is 0 Å². The predicted molar refractivity (Wildman–Crippen MR) is 74.9 cm³/mol. The summed E-state index contributed by atoms with van der Waals surface area (Å²) in [5, 5.41) is 0. The van der Waals surface area contributed by atoms with Crippen molar-refractivity contribution in [2.45, 2.75) is 25.2 Å². The number of ether oxygens (including phenoxy) is 3. The van der Waals surface area contributed by atoms with Crippen LogP contribution in [0.15, 0.2) is 12.2 Å². The molecule has 2 bridgehead atoms. The average molecular weight is 308 g/mol. The monoisotopic (exact) mass is 308 g/mol. The Hall–Kier alpha value is -1.37. The van der Waals surface area contributed by atoms with Crippen LogP contribution in [0.4, 0.5) is 0 Å². The normalized spacial score (nSPS) is 41.1. The van der Waals surface area contributed by atoms with Crippen molar-refractivity contribution >= 4 is 17.3 Å². The number of rotatable bonds is 3. The molecule has 0 aromatic heterocycles. The lowest BCUT2D eigenvalue weighted by Gasteiger charge is -2.56. The molecule has 0 spiro atoms. The summed E-state index contributed by atoms with van der Waals surface area (Å²) in [7, 11) is 4.09. The summed E-state index contributed by atoms with van der Waals surface area (Å²) in [5.74, 6) is -4.75. The fourth-order valence-electron chi connectivity index (χ4n) is 4.45. The zero-order valence-electron chi connectivity index (χ0n) is 13.3. The minimum Gasteiger partial charge on any atom is -0.367 e. The van der Waals surface area contributed by atoms with E-state index in [-0.39, 0.29) is 17.3 Å². The molecular formula is C16H20O6. The van der Waals surface area contributed by atoms with Gasteiger partial charge in [-0.05, 0) is 19.9 Å². The first-order valence-electron chi connectivity index (χ1n) is 7.23. The van der Waals surface area contributed by atoms with Crippen LogP contribution in [0.3, 0.4) is 0 Å². The second kappa shape index (κ2) is 4.34. The molecule has 0 heterocycles. The smallest absolute Gasteiger partial charge is 0.263 e. The standard InChI is InChI=1S/C16H20O6/c1-14(2)12(18)9-8-6-7-15(20-3,10(9)13(14)19)16(21-4,22-5)11(8)17/h6-10H,1-5H3/t8-,9+,10-,15-/m1/s1. The number of carbonyl (C=O) groups is 3. The molecule has 4 atom stereocenters. The Morgan fingerprint density at radius 1 is 0.909 bits per heavy atom. The molecule has 6 heteroatoms. The third-order valence-corrected chi connectivity index (χ3v) is 5.63. The van der Waals surface area contributed by atoms with Crippen molar-refractivity contribution in [3.63, 3.8) is 0 Å². The van der Waals surface area contributed by atoms with Crippen LogP contribution in [-0.2, 0) is 28.6 Å². The Bertz CT molecular complexity index is 600. The van der Waals surface area contributed by atoms with Crippen LogP contribution in [-0.4, -0.2) is 50.1 Å². The molecule has 0 radical (unpaired) electrons. The average Bonchev–Trinajstić information content (AvgIpc) is 2.70. The van der Waals surface area contributed by atoms with Crippen molar-refractivity contribution in [2.24, 2.45) is 23.2 Å². The van der Waals surface area contributed by atoms with Gasteiger partial charge in [0.25, 0.3) is 5.79 Å². The van der Waals surface area contributed by atoms with Crippen LogP contribution in [0.1, 0.15) is 13.8 Å². The summed E-state index contributed by atoms with van der Waals surface area (Å²) in [5.41, 5.74) is -2.56. The molecule has 4 aliphatic rings. The molecule has 120 valence electrons. The van der Waals surface area contributed by atoms with Crippen LogP contribution in [0.25, 0.3) is 0 Å². The zero-order chi connectivity index (χ0) is 16.5. The first-order chi connectivity index (χ1) is 10.2. The Balaban J connectivity index is 2.30. The molecule has 4 rings (SSSR count). The van der Waals surface area contributed by atoms with Gasteiger partial charge in [-0.25, -0.2) is 0 Å². The van der Waals surface area contributed by atoms with Crippen molar-refractivity contribution < 1.29 is 28.6 Å². The topological polar surface area (TPSA) is 78.9 Å². The SMILES string of the molecule is COC1(OC)C(=O)[C@@H]2C=C[C@@]1(OC)[C@H]1C(=O)C(C)(C)C(=O)[C@@H]21. The first-order valence-corrected chi connectivity index (χ1v) is 7.23. The van der Waals surface area contributed by atoms with Gasteiger partial charge < -0.3 is 14.2 Å². The van der Waals surface area contributed by atoms with Crippen LogP contribution in [0, 0.1) is 23.2 Å². The van der Waals surface area contributed by atoms with Crippen molar-refractivity contribution in [3.05, 3.63) is 12.2 Å². The van der Waals surface area contributed by atoms with Gasteiger partial charge in [-0.3, -0.25) is 14.4 Å². The number of carbonyl (C=O) groups excluding carboxylic acids is 3. The molecule has 22 heavy (non-hydrogen) atoms. The Kier molecular flexibility index (Phi) is 3.06. The van der Waals surface area contributed by atoms with E-state index in [4.69, 9.17) is 14.2 Å². The highest BCUT2D eigenvalue weighted by Gasteiger charge is 2.78. The van der Waals surface area contributed by atoms with Gasteiger partial charge in [-0.2, -0.15) is 0 Å². The third-order valence-electron chi connectivity index (χ3n) is 5.63. The van der Waals surface area contributed by atoms with Crippen LogP contribution in [0.2, 0.25) is 0 Å². The van der Waals surface area contributed by atoms with Gasteiger partial charge >= 0.3 is 0 Å². The van der Waals surface area contributed by atoms with E-state index in [1.165, 1.54) is 21.3 Å². The van der Waals surface area contributed by atoms with Crippen LogP contribution < -0.4 is 0 Å². The summed E-state index contributed by atoms with van der Waals surface area (Å²) in [4.78, 5) is 38.5. The van der Waals surface area contributed by atoms with Gasteiger partial charge in [0.05, 0.1) is 17.3 Å². The van der Waals surface area contributed by atoms with Gasteiger partial charge in [-0.15, -0.1) is 0 Å². The number of ketones is 3. The highest BCUT2D eigenvalue weighted by atomic mass is 16.7. The number of hydrogen-bond acceptors (Lipinski definition) is 6. The minimum atomic E-state index is -1.71. The maximum absolute atomic E-state index is 12.9. The summed E-state index contributed by atoms with van der Waals surface area (Å²) < 4.78 is 16.5. The van der Waals surface area contributed by atoms with E-state index in [1.807, 2.05) is 0 Å². The maximum atomic E-state index is 12.9. The first kappa shape index (κ1) is 15.5. The molecule has 0 unspecified atom stereocenters. The van der Waals surface area contributed by atoms with Crippen LogP contribution >= 0.6 is 0 Å². The highest BCUT2D eigenvalue weighted by molar-refractivity contribution is 6.19. The number of allylic oxidation sites excluding steroid dienone is 1. The lowest BCUT2D eigenvalue weighted by Crippen LogP contribution is -2.74. The summed E-state index contributed by atoms with van der Waals surface area (Å²) in [6.45, 7) is 3.20. The molecule has 0 N–H and O–H groups in total. The molecule has 2 fully saturated rings. The maximum Gasteiger partial charge on any atom is 0.263 e. The fraction of sp³-hybridized carbons (Fsp3) is 0.688. The fourth-order valence-corrected chi connectivity index (χ4v) is 4.45. The number of fused-ring (bicyclic) bond motifs is 1. The van der Waals surface area contributed by atoms with Gasteiger partial charge in [-0.1, -0.05) is 6.08 Å². The number of hydrogen-bond donors (Lipinski definition) is 0. The zero-order valence-corrected chi connectivity index (χ0v) is 13.3. The summed E-state index contributed by atoms with van der Waals surface area (Å²) >= 11 is 0. The molecular weight excluding hydrogens is 288 g/mol. The van der Waals surface area contributed by atoms with E-state index in [1.54, 1.807) is 26.0 Å². The van der Waals surface area contributed by atoms with E-state index in [0.717, 1.165) is 0 Å². The van der Waals surface area contributed by atoms with E-state index in [9.17, 15) is 14.4 Å². The van der Waals surface area contributed by atoms with Crippen LogP contribution in [0.5, 0.6) is 0 Å². The summed E-state index contributed by atoms with van der Waals surface area (Å²) in [6.07, 6.45) is 3.30. The van der Waals surface area contributed by atoms with Crippen molar-refractivity contribution in [3.8, 4) is 0 Å². The minimum absolute atomic E-state index is 0.215. The molecule has 4 aliphatic carbocycles. The number of methoxy groups -OCH3 is 3. The molecule has 0 saturated heterocycles. The summed E-state index contributed by atoms with van der Waals surface area (Å²) in [6, 6.07) is 0. The molecule has 0 aromatic rings. The lowest BCUT2D eigenvalue weighted by atomic mass is 9.56. The van der Waals surface area contributed by atoms with Gasteiger partial charge in [0, 0.05) is 27.2 Å². The Labute approximate surface area is 128 Å². The highest BCUT2D eigenvalue weighted by Crippen LogP contribution is 2.60. The largest absolute Gasteiger partial charge is 0.367 e. The van der Waals surface area contributed by atoms with Gasteiger partial charge in [0.2, 0.25) is 5.78 Å². The second-order valence-corrected chi connectivity index (χ2v) is 6.63. The lowest BCUT2D eigenvalue weighted by molar-refractivity contribution is -0.302. The number of Topliss-reactive ketones (excluding diaryl/α,β-unsaturated/α-hetero) is 3. The molecule has 0 aromatic carbocycles. The van der Waals surface area contributed by atoms with Gasteiger partial charge in [0.1, 0.15) is 0 Å². The Morgan fingerprint density at radius 3 is 2.00 bits per heavy atom. The third kappa shape index (κ3) is 1.30. The molecule has 0 aliphatic heterocycles. The van der Waals surface area contributed by atoms with Crippen molar-refractivity contribution in [2.75, 3.05) is 21.3 Å². The second-order valence-electron chi connectivity index (χ2n) is 6.63. The Morgan fingerprint density at radius 2 is 1.50 bits per heavy atom. The van der Waals surface area contributed by atoms with Crippen molar-refractivity contribution in [1.82, 2.24) is 0 Å². The van der Waals surface area contributed by atoms with Gasteiger partial charge in [0.15, 0.2) is 17.2 Å². The quantitative estimate of drug-likeness (QED) is 0.430. The van der Waals surface area contributed by atoms with Crippen molar-refractivity contribution in [1.29, 1.82) is 0 Å².